The Morgan fingerprint density at radius 3 is 2.21 bits per heavy atom. The first-order valence-electron chi connectivity index (χ1n) is 5.19. The Balaban J connectivity index is 3.58. The van der Waals surface area contributed by atoms with E-state index in [0.29, 0.717) is 18.3 Å². The highest BCUT2D eigenvalue weighted by atomic mass is 16.2. The quantitative estimate of drug-likeness (QED) is 0.708. The van der Waals surface area contributed by atoms with Crippen LogP contribution in [0.4, 0.5) is 0 Å². The number of hydrogen-bond acceptors (Lipinski definition) is 2. The van der Waals surface area contributed by atoms with Crippen LogP contribution in [0, 0.1) is 11.8 Å². The summed E-state index contributed by atoms with van der Waals surface area (Å²) in [6.45, 7) is 8.07. The van der Waals surface area contributed by atoms with Gasteiger partial charge in [0.15, 0.2) is 0 Å². The maximum Gasteiger partial charge on any atom is 0.220 e. The molecule has 0 aliphatic rings. The summed E-state index contributed by atoms with van der Waals surface area (Å²) in [6.07, 6.45) is 1.41. The molecule has 0 aliphatic carbocycles. The van der Waals surface area contributed by atoms with Crippen LogP contribution in [0.3, 0.4) is 0 Å². The van der Waals surface area contributed by atoms with Crippen molar-refractivity contribution in [1.82, 2.24) is 5.32 Å². The van der Waals surface area contributed by atoms with Gasteiger partial charge in [-0.2, -0.15) is 0 Å². The molecule has 82 valence electrons. The molecule has 0 aromatic rings. The number of nitrogens with one attached hydrogen (secondary N) is 1. The highest BCUT2D eigenvalue weighted by molar-refractivity contribution is 5.84. The molecule has 0 aromatic heterocycles. The van der Waals surface area contributed by atoms with E-state index in [1.165, 1.54) is 6.92 Å². The minimum absolute atomic E-state index is 0.00439. The SMILES string of the molecule is CC(=O)CNC(=O)CCC(C)C(C)C. The van der Waals surface area contributed by atoms with Crippen molar-refractivity contribution in [2.75, 3.05) is 6.54 Å². The van der Waals surface area contributed by atoms with Crippen molar-refractivity contribution in [1.29, 1.82) is 0 Å². The molecular weight excluding hydrogens is 178 g/mol. The highest BCUT2D eigenvalue weighted by Gasteiger charge is 2.09. The summed E-state index contributed by atoms with van der Waals surface area (Å²) in [5.74, 6) is 1.14. The molecule has 0 radical (unpaired) electrons. The second-order valence-electron chi connectivity index (χ2n) is 4.24. The molecular formula is C11H21NO2. The van der Waals surface area contributed by atoms with E-state index in [1.54, 1.807) is 0 Å². The zero-order valence-corrected chi connectivity index (χ0v) is 9.59. The van der Waals surface area contributed by atoms with Crippen molar-refractivity contribution < 1.29 is 9.59 Å². The number of amides is 1. The standard InChI is InChI=1S/C11H21NO2/c1-8(2)9(3)5-6-11(14)12-7-10(4)13/h8-9H,5-7H2,1-4H3,(H,12,14). The van der Waals surface area contributed by atoms with Gasteiger partial charge in [0.25, 0.3) is 0 Å². The third kappa shape index (κ3) is 6.63. The molecule has 14 heavy (non-hydrogen) atoms. The Morgan fingerprint density at radius 2 is 1.79 bits per heavy atom. The van der Waals surface area contributed by atoms with E-state index in [-0.39, 0.29) is 18.2 Å². The van der Waals surface area contributed by atoms with Gasteiger partial charge in [-0.3, -0.25) is 9.59 Å². The number of ketones is 1. The molecule has 0 rings (SSSR count). The lowest BCUT2D eigenvalue weighted by molar-refractivity contribution is -0.124. The predicted molar refractivity (Wildman–Crippen MR) is 56.9 cm³/mol. The van der Waals surface area contributed by atoms with E-state index in [1.807, 2.05) is 0 Å². The van der Waals surface area contributed by atoms with Crippen LogP contribution in [-0.2, 0) is 9.59 Å². The van der Waals surface area contributed by atoms with Crippen molar-refractivity contribution in [3.63, 3.8) is 0 Å². The molecule has 0 saturated carbocycles. The maximum atomic E-state index is 11.2. The number of hydrogen-bond donors (Lipinski definition) is 1. The van der Waals surface area contributed by atoms with Crippen LogP contribution in [0.5, 0.6) is 0 Å². The van der Waals surface area contributed by atoms with Gasteiger partial charge in [-0.15, -0.1) is 0 Å². The van der Waals surface area contributed by atoms with Gasteiger partial charge >= 0.3 is 0 Å². The molecule has 1 atom stereocenters. The first-order valence-corrected chi connectivity index (χ1v) is 5.19. The second-order valence-corrected chi connectivity index (χ2v) is 4.24. The van der Waals surface area contributed by atoms with E-state index in [9.17, 15) is 9.59 Å². The van der Waals surface area contributed by atoms with E-state index in [4.69, 9.17) is 0 Å². The minimum atomic E-state index is -0.0206. The van der Waals surface area contributed by atoms with Gasteiger partial charge in [0.05, 0.1) is 6.54 Å². The van der Waals surface area contributed by atoms with Crippen LogP contribution in [0.15, 0.2) is 0 Å². The van der Waals surface area contributed by atoms with Crippen LogP contribution >= 0.6 is 0 Å². The molecule has 3 heteroatoms. The van der Waals surface area contributed by atoms with Gasteiger partial charge in [-0.05, 0) is 25.2 Å². The lowest BCUT2D eigenvalue weighted by atomic mass is 9.93. The molecule has 0 aliphatic heterocycles. The lowest BCUT2D eigenvalue weighted by Gasteiger charge is -2.14. The summed E-state index contributed by atoms with van der Waals surface area (Å²) >= 11 is 0. The normalized spacial score (nSPS) is 12.6. The van der Waals surface area contributed by atoms with Crippen molar-refractivity contribution >= 4 is 11.7 Å². The number of Topliss-reactive ketones (excluding diaryl/α,β-unsaturated/α-hetero) is 1. The maximum absolute atomic E-state index is 11.2. The fourth-order valence-corrected chi connectivity index (χ4v) is 1.00. The Hall–Kier alpha value is -0.860. The Morgan fingerprint density at radius 1 is 1.21 bits per heavy atom. The van der Waals surface area contributed by atoms with Crippen molar-refractivity contribution in [3.05, 3.63) is 0 Å². The fourth-order valence-electron chi connectivity index (χ4n) is 1.00. The van der Waals surface area contributed by atoms with Crippen LogP contribution in [0.25, 0.3) is 0 Å². The second kappa shape index (κ2) is 6.57. The van der Waals surface area contributed by atoms with Crippen LogP contribution in [0.1, 0.15) is 40.5 Å². The number of carbonyl (C=O) groups is 2. The van der Waals surface area contributed by atoms with Gasteiger partial charge in [-0.1, -0.05) is 20.8 Å². The monoisotopic (exact) mass is 199 g/mol. The summed E-state index contributed by atoms with van der Waals surface area (Å²) in [5.41, 5.74) is 0. The molecule has 1 amide bonds. The third-order valence-corrected chi connectivity index (χ3v) is 2.50. The topological polar surface area (TPSA) is 46.2 Å². The molecule has 1 unspecified atom stereocenters. The fraction of sp³-hybridized carbons (Fsp3) is 0.818. The van der Waals surface area contributed by atoms with Crippen molar-refractivity contribution in [2.45, 2.75) is 40.5 Å². The number of rotatable bonds is 6. The molecule has 0 bridgehead atoms. The van der Waals surface area contributed by atoms with E-state index in [2.05, 4.69) is 26.1 Å². The van der Waals surface area contributed by atoms with Gasteiger partial charge in [0, 0.05) is 6.42 Å². The average Bonchev–Trinajstić information content (AvgIpc) is 2.10. The van der Waals surface area contributed by atoms with Gasteiger partial charge in [-0.25, -0.2) is 0 Å². The molecule has 3 nitrogen and oxygen atoms in total. The summed E-state index contributed by atoms with van der Waals surface area (Å²) in [4.78, 5) is 21.8. The molecule has 0 aromatic carbocycles. The van der Waals surface area contributed by atoms with E-state index < -0.39 is 0 Å². The number of carbonyl (C=O) groups excluding carboxylic acids is 2. The van der Waals surface area contributed by atoms with Crippen LogP contribution in [-0.4, -0.2) is 18.2 Å². The lowest BCUT2D eigenvalue weighted by Crippen LogP contribution is -2.28. The van der Waals surface area contributed by atoms with Crippen molar-refractivity contribution in [3.8, 4) is 0 Å². The Labute approximate surface area is 86.3 Å². The molecule has 0 saturated heterocycles. The van der Waals surface area contributed by atoms with Crippen LogP contribution in [0.2, 0.25) is 0 Å². The average molecular weight is 199 g/mol. The first-order chi connectivity index (χ1) is 6.43. The summed E-state index contributed by atoms with van der Waals surface area (Å²) in [7, 11) is 0. The van der Waals surface area contributed by atoms with Gasteiger partial charge < -0.3 is 5.32 Å². The highest BCUT2D eigenvalue weighted by Crippen LogP contribution is 2.15. The zero-order chi connectivity index (χ0) is 11.1. The zero-order valence-electron chi connectivity index (χ0n) is 9.59. The summed E-state index contributed by atoms with van der Waals surface area (Å²) in [6, 6.07) is 0. The van der Waals surface area contributed by atoms with Gasteiger partial charge in [0.2, 0.25) is 5.91 Å². The van der Waals surface area contributed by atoms with Gasteiger partial charge in [0.1, 0.15) is 5.78 Å². The van der Waals surface area contributed by atoms with E-state index in [0.717, 1.165) is 6.42 Å². The minimum Gasteiger partial charge on any atom is -0.349 e. The largest absolute Gasteiger partial charge is 0.349 e. The smallest absolute Gasteiger partial charge is 0.220 e. The molecule has 0 spiro atoms. The molecule has 0 heterocycles. The Bertz CT molecular complexity index is 199. The van der Waals surface area contributed by atoms with E-state index >= 15 is 0 Å². The predicted octanol–water partition coefficient (Wildman–Crippen LogP) is 1.76. The van der Waals surface area contributed by atoms with Crippen molar-refractivity contribution in [2.24, 2.45) is 11.8 Å². The summed E-state index contributed by atoms with van der Waals surface area (Å²) in [5, 5.41) is 2.59. The van der Waals surface area contributed by atoms with Crippen LogP contribution < -0.4 is 5.32 Å². The molecule has 0 fully saturated rings. The third-order valence-electron chi connectivity index (χ3n) is 2.50. The summed E-state index contributed by atoms with van der Waals surface area (Å²) < 4.78 is 0. The first kappa shape index (κ1) is 13.1. The Kier molecular flexibility index (Phi) is 6.17. The molecule has 1 N–H and O–H groups in total.